The Balaban J connectivity index is 2.28. The van der Waals surface area contributed by atoms with Crippen LogP contribution in [0.4, 0.5) is 4.39 Å². The Morgan fingerprint density at radius 1 is 1.19 bits per heavy atom. The summed E-state index contributed by atoms with van der Waals surface area (Å²) in [4.78, 5) is 0. The van der Waals surface area contributed by atoms with E-state index in [9.17, 15) is 4.39 Å². The molecule has 1 nitrogen and oxygen atoms in total. The van der Waals surface area contributed by atoms with E-state index in [1.165, 1.54) is 6.07 Å². The smallest absolute Gasteiger partial charge is 0.127 e. The summed E-state index contributed by atoms with van der Waals surface area (Å²) >= 11 is 12.7. The average molecular weight is 436 g/mol. The number of nitrogens with one attached hydrogen (secondary N) is 1. The molecule has 0 fully saturated rings. The molecule has 0 bridgehead atoms. The van der Waals surface area contributed by atoms with Gasteiger partial charge in [0.1, 0.15) is 5.82 Å². The third-order valence-electron chi connectivity index (χ3n) is 3.24. The summed E-state index contributed by atoms with van der Waals surface area (Å²) in [5, 5.41) is 4.06. The first-order valence-corrected chi connectivity index (χ1v) is 8.60. The van der Waals surface area contributed by atoms with Crippen LogP contribution in [0, 0.1) is 5.82 Å². The highest BCUT2D eigenvalue weighted by Crippen LogP contribution is 2.28. The molecule has 0 aromatic heterocycles. The molecule has 112 valence electrons. The van der Waals surface area contributed by atoms with Crippen LogP contribution in [0.1, 0.15) is 24.1 Å². The Kier molecular flexibility index (Phi) is 6.23. The molecule has 0 aliphatic carbocycles. The largest absolute Gasteiger partial charge is 0.310 e. The number of hydrogen-bond acceptors (Lipinski definition) is 1. The van der Waals surface area contributed by atoms with Crippen LogP contribution in [0.25, 0.3) is 0 Å². The van der Waals surface area contributed by atoms with Gasteiger partial charge in [0.05, 0.1) is 5.02 Å². The Hall–Kier alpha value is -0.420. The summed E-state index contributed by atoms with van der Waals surface area (Å²) in [6, 6.07) is 11.0. The zero-order chi connectivity index (χ0) is 15.4. The summed E-state index contributed by atoms with van der Waals surface area (Å²) in [5.74, 6) is -0.194. The predicted molar refractivity (Wildman–Crippen MR) is 93.4 cm³/mol. The minimum absolute atomic E-state index is 0.0410. The van der Waals surface area contributed by atoms with E-state index < -0.39 is 0 Å². The van der Waals surface area contributed by atoms with Gasteiger partial charge in [0.15, 0.2) is 0 Å². The molecule has 2 aromatic rings. The fraction of sp³-hybridized carbons (Fsp3) is 0.250. The van der Waals surface area contributed by atoms with E-state index in [1.54, 1.807) is 0 Å². The van der Waals surface area contributed by atoms with Crippen LogP contribution < -0.4 is 5.32 Å². The first-order chi connectivity index (χ1) is 10.0. The van der Waals surface area contributed by atoms with E-state index in [0.717, 1.165) is 21.1 Å². The van der Waals surface area contributed by atoms with Crippen LogP contribution in [0.2, 0.25) is 5.02 Å². The maximum absolute atomic E-state index is 14.0. The number of halogens is 4. The Labute approximate surface area is 146 Å². The van der Waals surface area contributed by atoms with Crippen molar-refractivity contribution in [3.8, 4) is 0 Å². The molecular weight excluding hydrogens is 420 g/mol. The van der Waals surface area contributed by atoms with Crippen LogP contribution in [0.15, 0.2) is 45.3 Å². The highest BCUT2D eigenvalue weighted by molar-refractivity contribution is 9.10. The SMILES string of the molecule is CCNC(Cc1ccc(Br)cc1F)c1ccc(Cl)c(Br)c1. The standard InChI is InChI=1S/C16H15Br2ClFN/c1-2-21-16(11-4-6-14(19)13(18)7-11)8-10-3-5-12(17)9-15(10)20/h3-7,9,16,21H,2,8H2,1H3. The molecular formula is C16H15Br2ClFN. The van der Waals surface area contributed by atoms with Gasteiger partial charge in [0, 0.05) is 15.0 Å². The molecule has 0 radical (unpaired) electrons. The maximum Gasteiger partial charge on any atom is 0.127 e. The normalized spacial score (nSPS) is 12.4. The number of rotatable bonds is 5. The van der Waals surface area contributed by atoms with Crippen molar-refractivity contribution in [1.29, 1.82) is 0 Å². The first kappa shape index (κ1) is 16.9. The van der Waals surface area contributed by atoms with E-state index in [2.05, 4.69) is 37.2 Å². The van der Waals surface area contributed by atoms with Crippen molar-refractivity contribution in [2.75, 3.05) is 6.54 Å². The van der Waals surface area contributed by atoms with E-state index in [-0.39, 0.29) is 11.9 Å². The number of benzene rings is 2. The molecule has 0 amide bonds. The van der Waals surface area contributed by atoms with E-state index in [0.29, 0.717) is 17.0 Å². The monoisotopic (exact) mass is 433 g/mol. The molecule has 2 aromatic carbocycles. The average Bonchev–Trinajstić information content (AvgIpc) is 2.44. The van der Waals surface area contributed by atoms with Gasteiger partial charge in [-0.25, -0.2) is 4.39 Å². The van der Waals surface area contributed by atoms with Crippen molar-refractivity contribution in [2.24, 2.45) is 0 Å². The van der Waals surface area contributed by atoms with Gasteiger partial charge in [0.25, 0.3) is 0 Å². The van der Waals surface area contributed by atoms with Gasteiger partial charge in [0.2, 0.25) is 0 Å². The van der Waals surface area contributed by atoms with Crippen molar-refractivity contribution in [2.45, 2.75) is 19.4 Å². The number of likely N-dealkylation sites (N-methyl/N-ethyl adjacent to an activating group) is 1. The van der Waals surface area contributed by atoms with Crippen molar-refractivity contribution >= 4 is 43.5 Å². The van der Waals surface area contributed by atoms with Crippen LogP contribution in [0.3, 0.4) is 0 Å². The first-order valence-electron chi connectivity index (χ1n) is 6.63. The Morgan fingerprint density at radius 3 is 2.57 bits per heavy atom. The summed E-state index contributed by atoms with van der Waals surface area (Å²) in [7, 11) is 0. The highest BCUT2D eigenvalue weighted by Gasteiger charge is 2.15. The van der Waals surface area contributed by atoms with Gasteiger partial charge in [-0.3, -0.25) is 0 Å². The zero-order valence-corrected chi connectivity index (χ0v) is 15.4. The quantitative estimate of drug-likeness (QED) is 0.617. The van der Waals surface area contributed by atoms with Gasteiger partial charge >= 0.3 is 0 Å². The molecule has 1 atom stereocenters. The number of hydrogen-bond donors (Lipinski definition) is 1. The second kappa shape index (κ2) is 7.73. The lowest BCUT2D eigenvalue weighted by Gasteiger charge is -2.19. The van der Waals surface area contributed by atoms with Crippen LogP contribution in [0.5, 0.6) is 0 Å². The lowest BCUT2D eigenvalue weighted by Crippen LogP contribution is -2.23. The van der Waals surface area contributed by atoms with Gasteiger partial charge in [-0.15, -0.1) is 0 Å². The van der Waals surface area contributed by atoms with Crippen LogP contribution >= 0.6 is 43.5 Å². The molecule has 0 aliphatic rings. The molecule has 0 spiro atoms. The Morgan fingerprint density at radius 2 is 1.95 bits per heavy atom. The molecule has 5 heteroatoms. The lowest BCUT2D eigenvalue weighted by atomic mass is 9.98. The highest BCUT2D eigenvalue weighted by atomic mass is 79.9. The summed E-state index contributed by atoms with van der Waals surface area (Å²) in [6.45, 7) is 2.85. The van der Waals surface area contributed by atoms with Crippen molar-refractivity contribution in [1.82, 2.24) is 5.32 Å². The van der Waals surface area contributed by atoms with Gasteiger partial charge in [-0.05, 0) is 64.3 Å². The van der Waals surface area contributed by atoms with E-state index in [1.807, 2.05) is 37.3 Å². The molecule has 0 saturated heterocycles. The summed E-state index contributed by atoms with van der Waals surface area (Å²) < 4.78 is 15.6. The molecule has 0 heterocycles. The third-order valence-corrected chi connectivity index (χ3v) is 4.94. The van der Waals surface area contributed by atoms with Crippen molar-refractivity contribution in [3.05, 3.63) is 67.3 Å². The molecule has 1 unspecified atom stereocenters. The third kappa shape index (κ3) is 4.52. The zero-order valence-electron chi connectivity index (χ0n) is 11.5. The minimum Gasteiger partial charge on any atom is -0.310 e. The summed E-state index contributed by atoms with van der Waals surface area (Å²) in [5.41, 5.74) is 1.77. The topological polar surface area (TPSA) is 12.0 Å². The molecule has 1 N–H and O–H groups in total. The minimum atomic E-state index is -0.194. The Bertz CT molecular complexity index is 634. The fourth-order valence-electron chi connectivity index (χ4n) is 2.19. The molecule has 21 heavy (non-hydrogen) atoms. The van der Waals surface area contributed by atoms with Gasteiger partial charge in [-0.1, -0.05) is 46.6 Å². The van der Waals surface area contributed by atoms with Crippen LogP contribution in [-0.2, 0) is 6.42 Å². The fourth-order valence-corrected chi connectivity index (χ4v) is 3.04. The van der Waals surface area contributed by atoms with Gasteiger partial charge < -0.3 is 5.32 Å². The van der Waals surface area contributed by atoms with Crippen molar-refractivity contribution < 1.29 is 4.39 Å². The lowest BCUT2D eigenvalue weighted by molar-refractivity contribution is 0.527. The predicted octanol–water partition coefficient (Wildman–Crippen LogP) is 5.90. The molecule has 2 rings (SSSR count). The summed E-state index contributed by atoms with van der Waals surface area (Å²) in [6.07, 6.45) is 0.584. The van der Waals surface area contributed by atoms with Crippen LogP contribution in [-0.4, -0.2) is 6.54 Å². The van der Waals surface area contributed by atoms with E-state index >= 15 is 0 Å². The maximum atomic E-state index is 14.0. The molecule has 0 aliphatic heterocycles. The second-order valence-corrected chi connectivity index (χ2v) is 6.90. The van der Waals surface area contributed by atoms with Gasteiger partial charge in [-0.2, -0.15) is 0 Å². The van der Waals surface area contributed by atoms with Crippen molar-refractivity contribution in [3.63, 3.8) is 0 Å². The van der Waals surface area contributed by atoms with E-state index in [4.69, 9.17) is 11.6 Å². The molecule has 0 saturated carbocycles. The second-order valence-electron chi connectivity index (χ2n) is 4.72.